The predicted octanol–water partition coefficient (Wildman–Crippen LogP) is 0.854. The molecule has 6 nitrogen and oxygen atoms in total. The van der Waals surface area contributed by atoms with Crippen molar-refractivity contribution in [3.8, 4) is 5.75 Å². The quantitative estimate of drug-likeness (QED) is 0.875. The van der Waals surface area contributed by atoms with Gasteiger partial charge in [0.25, 0.3) is 0 Å². The van der Waals surface area contributed by atoms with E-state index in [1.165, 1.54) is 0 Å². The zero-order valence-corrected chi connectivity index (χ0v) is 13.3. The number of benzene rings is 1. The van der Waals surface area contributed by atoms with Crippen LogP contribution in [0.3, 0.4) is 0 Å². The summed E-state index contributed by atoms with van der Waals surface area (Å²) < 4.78 is 5.11. The number of anilines is 1. The second-order valence-electron chi connectivity index (χ2n) is 5.64. The van der Waals surface area contributed by atoms with E-state index >= 15 is 0 Å². The summed E-state index contributed by atoms with van der Waals surface area (Å²) in [5.74, 6) is 0.368. The molecule has 6 heteroatoms. The van der Waals surface area contributed by atoms with E-state index in [1.54, 1.807) is 36.1 Å². The Labute approximate surface area is 130 Å². The molecule has 1 fully saturated rings. The van der Waals surface area contributed by atoms with Crippen LogP contribution in [0.2, 0.25) is 0 Å². The molecule has 0 aromatic heterocycles. The van der Waals surface area contributed by atoms with Crippen LogP contribution in [0.15, 0.2) is 24.3 Å². The van der Waals surface area contributed by atoms with E-state index in [1.807, 2.05) is 19.1 Å². The Morgan fingerprint density at radius 3 is 2.64 bits per heavy atom. The highest BCUT2D eigenvalue weighted by Gasteiger charge is 2.37. The number of methoxy groups -OCH3 is 1. The van der Waals surface area contributed by atoms with Crippen LogP contribution in [-0.4, -0.2) is 50.0 Å². The average molecular weight is 305 g/mol. The maximum Gasteiger partial charge on any atom is 0.228 e. The Morgan fingerprint density at radius 2 is 2.09 bits per heavy atom. The molecule has 1 aliphatic rings. The molecule has 0 bridgehead atoms. The van der Waals surface area contributed by atoms with Crippen LogP contribution in [0.4, 0.5) is 5.69 Å². The summed E-state index contributed by atoms with van der Waals surface area (Å²) in [6, 6.07) is 7.24. The van der Waals surface area contributed by atoms with Gasteiger partial charge in [-0.25, -0.2) is 0 Å². The summed E-state index contributed by atoms with van der Waals surface area (Å²) in [6.45, 7) is 2.71. The van der Waals surface area contributed by atoms with Crippen LogP contribution in [0.25, 0.3) is 0 Å². The molecule has 2 amide bonds. The van der Waals surface area contributed by atoms with Gasteiger partial charge < -0.3 is 20.3 Å². The van der Waals surface area contributed by atoms with Crippen LogP contribution in [0.1, 0.15) is 13.3 Å². The number of carbonyl (C=O) groups is 2. The summed E-state index contributed by atoms with van der Waals surface area (Å²) in [4.78, 5) is 27.9. The van der Waals surface area contributed by atoms with Crippen molar-refractivity contribution >= 4 is 17.5 Å². The van der Waals surface area contributed by atoms with Gasteiger partial charge in [-0.2, -0.15) is 0 Å². The third-order valence-corrected chi connectivity index (χ3v) is 4.21. The monoisotopic (exact) mass is 305 g/mol. The van der Waals surface area contributed by atoms with Crippen molar-refractivity contribution in [1.29, 1.82) is 0 Å². The number of nitrogens with two attached hydrogens (primary N) is 1. The minimum absolute atomic E-state index is 0.0256. The highest BCUT2D eigenvalue weighted by molar-refractivity contribution is 6.00. The smallest absolute Gasteiger partial charge is 0.228 e. The Kier molecular flexibility index (Phi) is 5.03. The third kappa shape index (κ3) is 3.22. The first-order chi connectivity index (χ1) is 10.5. The largest absolute Gasteiger partial charge is 0.497 e. The Hall–Kier alpha value is -2.08. The number of rotatable bonds is 5. The van der Waals surface area contributed by atoms with Gasteiger partial charge in [0.1, 0.15) is 5.75 Å². The lowest BCUT2D eigenvalue weighted by molar-refractivity contribution is -0.136. The normalized spacial score (nSPS) is 19.2. The summed E-state index contributed by atoms with van der Waals surface area (Å²) >= 11 is 0. The second kappa shape index (κ2) is 6.79. The fraction of sp³-hybridized carbons (Fsp3) is 0.500. The number of carbonyl (C=O) groups excluding carboxylic acids is 2. The van der Waals surface area contributed by atoms with Gasteiger partial charge in [0.2, 0.25) is 11.8 Å². The van der Waals surface area contributed by atoms with Gasteiger partial charge in [-0.1, -0.05) is 0 Å². The molecule has 0 saturated carbocycles. The van der Waals surface area contributed by atoms with Crippen LogP contribution in [0, 0.1) is 5.92 Å². The summed E-state index contributed by atoms with van der Waals surface area (Å²) in [6.07, 6.45) is 0.243. The standard InChI is InChI=1S/C16H23N3O3/c1-11(9-17)18(2)16(21)12-8-15(20)19(10-12)13-4-6-14(22-3)7-5-13/h4-7,11-12H,8-10,17H2,1-3H3. The molecule has 0 spiro atoms. The van der Waals surface area contributed by atoms with Gasteiger partial charge in [0.05, 0.1) is 13.0 Å². The zero-order valence-electron chi connectivity index (χ0n) is 13.3. The molecule has 2 N–H and O–H groups in total. The van der Waals surface area contributed by atoms with Gasteiger partial charge in [0.15, 0.2) is 0 Å². The average Bonchev–Trinajstić information content (AvgIpc) is 2.94. The lowest BCUT2D eigenvalue weighted by Gasteiger charge is -2.26. The topological polar surface area (TPSA) is 75.9 Å². The van der Waals surface area contributed by atoms with Crippen LogP contribution in [-0.2, 0) is 9.59 Å². The van der Waals surface area contributed by atoms with E-state index in [-0.39, 0.29) is 30.2 Å². The van der Waals surface area contributed by atoms with Crippen molar-refractivity contribution in [1.82, 2.24) is 4.90 Å². The lowest BCUT2D eigenvalue weighted by atomic mass is 10.1. The number of ether oxygens (including phenoxy) is 1. The molecule has 1 aromatic rings. The highest BCUT2D eigenvalue weighted by atomic mass is 16.5. The van der Waals surface area contributed by atoms with Gasteiger partial charge in [-0.3, -0.25) is 9.59 Å². The molecule has 2 rings (SSSR count). The van der Waals surface area contributed by atoms with Gasteiger partial charge in [-0.05, 0) is 31.2 Å². The second-order valence-corrected chi connectivity index (χ2v) is 5.64. The fourth-order valence-corrected chi connectivity index (χ4v) is 2.55. The maximum absolute atomic E-state index is 12.4. The fourth-order valence-electron chi connectivity index (χ4n) is 2.55. The first-order valence-electron chi connectivity index (χ1n) is 7.39. The summed E-state index contributed by atoms with van der Waals surface area (Å²) in [7, 11) is 3.33. The molecule has 2 atom stereocenters. The van der Waals surface area contributed by atoms with Gasteiger partial charge in [-0.15, -0.1) is 0 Å². The first-order valence-corrected chi connectivity index (χ1v) is 7.39. The van der Waals surface area contributed by atoms with E-state index in [2.05, 4.69) is 0 Å². The zero-order chi connectivity index (χ0) is 16.3. The molecule has 1 aliphatic heterocycles. The molecule has 22 heavy (non-hydrogen) atoms. The number of nitrogens with zero attached hydrogens (tertiary/aromatic N) is 2. The summed E-state index contributed by atoms with van der Waals surface area (Å²) in [5, 5.41) is 0. The van der Waals surface area contributed by atoms with Crippen LogP contribution in [0.5, 0.6) is 5.75 Å². The van der Waals surface area contributed by atoms with Gasteiger partial charge in [0, 0.05) is 38.3 Å². The van der Waals surface area contributed by atoms with Crippen molar-refractivity contribution < 1.29 is 14.3 Å². The summed E-state index contributed by atoms with van der Waals surface area (Å²) in [5.41, 5.74) is 6.39. The van der Waals surface area contributed by atoms with E-state index in [9.17, 15) is 9.59 Å². The Morgan fingerprint density at radius 1 is 1.45 bits per heavy atom. The van der Waals surface area contributed by atoms with E-state index < -0.39 is 0 Å². The molecule has 2 unspecified atom stereocenters. The van der Waals surface area contributed by atoms with Crippen molar-refractivity contribution in [3.63, 3.8) is 0 Å². The molecule has 0 aliphatic carbocycles. The van der Waals surface area contributed by atoms with Crippen molar-refractivity contribution in [2.24, 2.45) is 11.7 Å². The van der Waals surface area contributed by atoms with E-state index in [0.717, 1.165) is 11.4 Å². The van der Waals surface area contributed by atoms with Crippen LogP contribution < -0.4 is 15.4 Å². The van der Waals surface area contributed by atoms with E-state index in [4.69, 9.17) is 10.5 Å². The minimum atomic E-state index is -0.311. The van der Waals surface area contributed by atoms with Gasteiger partial charge >= 0.3 is 0 Å². The first kappa shape index (κ1) is 16.3. The Bertz CT molecular complexity index is 544. The SMILES string of the molecule is COc1ccc(N2CC(C(=O)N(C)C(C)CN)CC2=O)cc1. The van der Waals surface area contributed by atoms with Crippen molar-refractivity contribution in [3.05, 3.63) is 24.3 Å². The van der Waals surface area contributed by atoms with E-state index in [0.29, 0.717) is 13.1 Å². The Balaban J connectivity index is 2.08. The third-order valence-electron chi connectivity index (χ3n) is 4.21. The van der Waals surface area contributed by atoms with Crippen LogP contribution >= 0.6 is 0 Å². The number of hydrogen-bond acceptors (Lipinski definition) is 4. The van der Waals surface area contributed by atoms with Crippen molar-refractivity contribution in [2.45, 2.75) is 19.4 Å². The maximum atomic E-state index is 12.4. The molecule has 120 valence electrons. The molecule has 0 radical (unpaired) electrons. The minimum Gasteiger partial charge on any atom is -0.497 e. The molecular weight excluding hydrogens is 282 g/mol. The molecule has 1 aromatic carbocycles. The number of amides is 2. The molecular formula is C16H23N3O3. The number of hydrogen-bond donors (Lipinski definition) is 1. The van der Waals surface area contributed by atoms with Crippen molar-refractivity contribution in [2.75, 3.05) is 32.1 Å². The predicted molar refractivity (Wildman–Crippen MR) is 84.7 cm³/mol. The molecule has 1 saturated heterocycles. The number of likely N-dealkylation sites (N-methyl/N-ethyl adjacent to an activating group) is 1. The highest BCUT2D eigenvalue weighted by Crippen LogP contribution is 2.27. The molecule has 1 heterocycles. The lowest BCUT2D eigenvalue weighted by Crippen LogP contribution is -2.43.